The normalized spacial score (nSPS) is 11.0. The van der Waals surface area contributed by atoms with Gasteiger partial charge in [0.2, 0.25) is 0 Å². The zero-order chi connectivity index (χ0) is 15.9. The van der Waals surface area contributed by atoms with E-state index in [0.717, 1.165) is 30.9 Å². The maximum Gasteiger partial charge on any atom is 0.278 e. The first-order valence-electron chi connectivity index (χ1n) is 7.26. The average Bonchev–Trinajstić information content (AvgIpc) is 2.95. The largest absolute Gasteiger partial charge is 0.312 e. The van der Waals surface area contributed by atoms with Crippen LogP contribution in [-0.2, 0) is 6.54 Å². The number of para-hydroxylation sites is 1. The highest BCUT2D eigenvalue weighted by atomic mass is 32.1. The molecule has 1 aromatic carbocycles. The van der Waals surface area contributed by atoms with E-state index < -0.39 is 0 Å². The highest BCUT2D eigenvalue weighted by molar-refractivity contribution is 7.15. The Labute approximate surface area is 134 Å². The van der Waals surface area contributed by atoms with Crippen LogP contribution >= 0.6 is 11.3 Å². The van der Waals surface area contributed by atoms with E-state index in [1.807, 2.05) is 18.2 Å². The summed E-state index contributed by atoms with van der Waals surface area (Å²) in [6.45, 7) is 2.84. The fourth-order valence-electron chi connectivity index (χ4n) is 2.19. The van der Waals surface area contributed by atoms with E-state index in [2.05, 4.69) is 24.3 Å². The van der Waals surface area contributed by atoms with Crippen LogP contribution in [0, 0.1) is 10.1 Å². The quantitative estimate of drug-likeness (QED) is 0.460. The lowest BCUT2D eigenvalue weighted by atomic mass is 10.1. The number of hydrogen-bond donors (Lipinski definition) is 1. The molecule has 6 heteroatoms. The van der Waals surface area contributed by atoms with Crippen molar-refractivity contribution in [3.63, 3.8) is 0 Å². The summed E-state index contributed by atoms with van der Waals surface area (Å²) in [7, 11) is 4.14. The summed E-state index contributed by atoms with van der Waals surface area (Å²) < 4.78 is 0. The van der Waals surface area contributed by atoms with E-state index in [9.17, 15) is 10.1 Å². The molecule has 22 heavy (non-hydrogen) atoms. The van der Waals surface area contributed by atoms with Gasteiger partial charge in [0.15, 0.2) is 0 Å². The van der Waals surface area contributed by atoms with Gasteiger partial charge in [0.1, 0.15) is 0 Å². The molecule has 2 rings (SSSR count). The molecule has 0 aliphatic heterocycles. The Balaban J connectivity index is 1.96. The lowest BCUT2D eigenvalue weighted by Gasteiger charge is -2.09. The van der Waals surface area contributed by atoms with Crippen molar-refractivity contribution in [3.05, 3.63) is 51.4 Å². The summed E-state index contributed by atoms with van der Waals surface area (Å²) in [5, 5.41) is 14.5. The summed E-state index contributed by atoms with van der Waals surface area (Å²) in [6.07, 6.45) is 1.11. The molecule has 0 amide bonds. The van der Waals surface area contributed by atoms with E-state index in [4.69, 9.17) is 0 Å². The molecule has 0 saturated carbocycles. The van der Waals surface area contributed by atoms with Gasteiger partial charge in [-0.2, -0.15) is 0 Å². The van der Waals surface area contributed by atoms with Crippen LogP contribution in [0.3, 0.4) is 0 Å². The zero-order valence-electron chi connectivity index (χ0n) is 12.9. The maximum atomic E-state index is 11.1. The standard InChI is InChI=1S/C16H21N3O2S/c1-18(2)11-5-10-17-12-13-8-9-16(22-13)14-6-3-4-7-15(14)19(20)21/h3-4,6-9,17H,5,10-12H2,1-2H3. The van der Waals surface area contributed by atoms with Gasteiger partial charge in [0, 0.05) is 22.4 Å². The lowest BCUT2D eigenvalue weighted by molar-refractivity contribution is -0.384. The van der Waals surface area contributed by atoms with Crippen molar-refractivity contribution in [1.82, 2.24) is 10.2 Å². The molecule has 0 atom stereocenters. The predicted octanol–water partition coefficient (Wildman–Crippen LogP) is 3.36. The maximum absolute atomic E-state index is 11.1. The number of rotatable bonds is 8. The first-order valence-corrected chi connectivity index (χ1v) is 8.07. The van der Waals surface area contributed by atoms with Crippen LogP contribution in [0.2, 0.25) is 0 Å². The molecule has 1 aromatic heterocycles. The Bertz CT molecular complexity index is 625. The van der Waals surface area contributed by atoms with Gasteiger partial charge in [-0.05, 0) is 51.8 Å². The molecule has 0 aliphatic carbocycles. The van der Waals surface area contributed by atoms with Crippen LogP contribution in [0.5, 0.6) is 0 Å². The van der Waals surface area contributed by atoms with Crippen molar-refractivity contribution in [2.24, 2.45) is 0 Å². The number of thiophene rings is 1. The first kappa shape index (κ1) is 16.6. The van der Waals surface area contributed by atoms with Crippen molar-refractivity contribution in [2.45, 2.75) is 13.0 Å². The van der Waals surface area contributed by atoms with Gasteiger partial charge in [-0.3, -0.25) is 10.1 Å². The monoisotopic (exact) mass is 319 g/mol. The molecule has 0 unspecified atom stereocenters. The molecule has 2 aromatic rings. The SMILES string of the molecule is CN(C)CCCNCc1ccc(-c2ccccc2[N+](=O)[O-])s1. The molecule has 0 fully saturated rings. The minimum absolute atomic E-state index is 0.162. The summed E-state index contributed by atoms with van der Waals surface area (Å²) in [5.41, 5.74) is 0.853. The van der Waals surface area contributed by atoms with Crippen molar-refractivity contribution < 1.29 is 4.92 Å². The molecule has 0 spiro atoms. The molecule has 1 N–H and O–H groups in total. The van der Waals surface area contributed by atoms with Crippen LogP contribution in [0.25, 0.3) is 10.4 Å². The Morgan fingerprint density at radius 1 is 1.23 bits per heavy atom. The summed E-state index contributed by atoms with van der Waals surface area (Å²) in [5.74, 6) is 0. The van der Waals surface area contributed by atoms with Gasteiger partial charge in [-0.1, -0.05) is 12.1 Å². The predicted molar refractivity (Wildman–Crippen MR) is 91.3 cm³/mol. The molecule has 0 radical (unpaired) electrons. The third-order valence-corrected chi connectivity index (χ3v) is 4.40. The number of nitrogens with zero attached hydrogens (tertiary/aromatic N) is 2. The first-order chi connectivity index (χ1) is 10.6. The highest BCUT2D eigenvalue weighted by Gasteiger charge is 2.15. The van der Waals surface area contributed by atoms with E-state index in [-0.39, 0.29) is 10.6 Å². The van der Waals surface area contributed by atoms with E-state index >= 15 is 0 Å². The van der Waals surface area contributed by atoms with Crippen molar-refractivity contribution in [1.29, 1.82) is 0 Å². The molecule has 0 bridgehead atoms. The number of nitro groups is 1. The number of nitrogens with one attached hydrogen (secondary N) is 1. The minimum atomic E-state index is -0.325. The van der Waals surface area contributed by atoms with Crippen LogP contribution in [-0.4, -0.2) is 37.0 Å². The summed E-state index contributed by atoms with van der Waals surface area (Å²) in [6, 6.07) is 10.9. The molecule has 0 aliphatic rings. The topological polar surface area (TPSA) is 58.4 Å². The summed E-state index contributed by atoms with van der Waals surface area (Å²) >= 11 is 1.60. The molecule has 0 saturated heterocycles. The van der Waals surface area contributed by atoms with Gasteiger partial charge in [0.25, 0.3) is 5.69 Å². The van der Waals surface area contributed by atoms with Gasteiger partial charge in [-0.15, -0.1) is 11.3 Å². The highest BCUT2D eigenvalue weighted by Crippen LogP contribution is 2.34. The Kier molecular flexibility index (Phi) is 6.06. The van der Waals surface area contributed by atoms with E-state index in [0.29, 0.717) is 5.56 Å². The third-order valence-electron chi connectivity index (χ3n) is 3.29. The Hall–Kier alpha value is -1.76. The van der Waals surface area contributed by atoms with Crippen molar-refractivity contribution in [2.75, 3.05) is 27.2 Å². The number of hydrogen-bond acceptors (Lipinski definition) is 5. The zero-order valence-corrected chi connectivity index (χ0v) is 13.7. The lowest BCUT2D eigenvalue weighted by Crippen LogP contribution is -2.20. The molecular weight excluding hydrogens is 298 g/mol. The van der Waals surface area contributed by atoms with Crippen LogP contribution < -0.4 is 5.32 Å². The van der Waals surface area contributed by atoms with Gasteiger partial charge < -0.3 is 10.2 Å². The average molecular weight is 319 g/mol. The number of nitro benzene ring substituents is 1. The van der Waals surface area contributed by atoms with Crippen molar-refractivity contribution in [3.8, 4) is 10.4 Å². The Morgan fingerprint density at radius 2 is 2.00 bits per heavy atom. The number of benzene rings is 1. The van der Waals surface area contributed by atoms with Crippen LogP contribution in [0.1, 0.15) is 11.3 Å². The molecule has 5 nitrogen and oxygen atoms in total. The van der Waals surface area contributed by atoms with E-state index in [1.165, 1.54) is 4.88 Å². The molecular formula is C16H21N3O2S. The second kappa shape index (κ2) is 8.03. The fraction of sp³-hybridized carbons (Fsp3) is 0.375. The van der Waals surface area contributed by atoms with Gasteiger partial charge in [-0.25, -0.2) is 0 Å². The molecule has 118 valence electrons. The smallest absolute Gasteiger partial charge is 0.278 e. The Morgan fingerprint density at radius 3 is 2.73 bits per heavy atom. The van der Waals surface area contributed by atoms with Crippen LogP contribution in [0.4, 0.5) is 5.69 Å². The fourth-order valence-corrected chi connectivity index (χ4v) is 3.20. The van der Waals surface area contributed by atoms with Gasteiger partial charge >= 0.3 is 0 Å². The minimum Gasteiger partial charge on any atom is -0.312 e. The molecule has 1 heterocycles. The second-order valence-electron chi connectivity index (χ2n) is 5.37. The van der Waals surface area contributed by atoms with Gasteiger partial charge in [0.05, 0.1) is 10.5 Å². The van der Waals surface area contributed by atoms with E-state index in [1.54, 1.807) is 29.5 Å². The van der Waals surface area contributed by atoms with Crippen LogP contribution in [0.15, 0.2) is 36.4 Å². The third kappa shape index (κ3) is 4.62. The van der Waals surface area contributed by atoms with Crippen molar-refractivity contribution >= 4 is 17.0 Å². The second-order valence-corrected chi connectivity index (χ2v) is 6.54. The summed E-state index contributed by atoms with van der Waals surface area (Å²) in [4.78, 5) is 15.1.